The van der Waals surface area contributed by atoms with Crippen LogP contribution in [0.15, 0.2) is 54.7 Å². The van der Waals surface area contributed by atoms with E-state index in [1.807, 2.05) is 56.3 Å². The summed E-state index contributed by atoms with van der Waals surface area (Å²) in [7, 11) is 4.92. The summed E-state index contributed by atoms with van der Waals surface area (Å²) in [4.78, 5) is 26.5. The molecule has 1 aromatic heterocycles. The Hall–Kier alpha value is -4.07. The predicted molar refractivity (Wildman–Crippen MR) is 132 cm³/mol. The average Bonchev–Trinajstić information content (AvgIpc) is 3.24. The van der Waals surface area contributed by atoms with Crippen LogP contribution in [0, 0.1) is 6.92 Å². The number of aromatic nitrogens is 2. The van der Waals surface area contributed by atoms with Crippen molar-refractivity contribution in [3.8, 4) is 11.5 Å². The average molecular weight is 463 g/mol. The zero-order chi connectivity index (χ0) is 24.7. The summed E-state index contributed by atoms with van der Waals surface area (Å²) >= 11 is 0. The highest BCUT2D eigenvalue weighted by molar-refractivity contribution is 6.06. The van der Waals surface area contributed by atoms with Crippen molar-refractivity contribution in [2.45, 2.75) is 27.0 Å². The first kappa shape index (κ1) is 24.6. The molecule has 0 aliphatic carbocycles. The molecule has 0 saturated heterocycles. The van der Waals surface area contributed by atoms with E-state index < -0.39 is 0 Å². The van der Waals surface area contributed by atoms with Crippen molar-refractivity contribution in [2.24, 2.45) is 0 Å². The van der Waals surface area contributed by atoms with Crippen molar-refractivity contribution in [2.75, 3.05) is 26.5 Å². The number of hydrogen-bond donors (Lipinski definition) is 1. The molecule has 3 rings (SSSR count). The Morgan fingerprint density at radius 1 is 1.15 bits per heavy atom. The van der Waals surface area contributed by atoms with Gasteiger partial charge in [-0.25, -0.2) is 0 Å². The molecule has 0 aliphatic rings. The van der Waals surface area contributed by atoms with Gasteiger partial charge >= 0.3 is 0 Å². The van der Waals surface area contributed by atoms with Gasteiger partial charge in [0.25, 0.3) is 5.91 Å². The molecule has 178 valence electrons. The van der Waals surface area contributed by atoms with Crippen LogP contribution < -0.4 is 14.8 Å². The van der Waals surface area contributed by atoms with Gasteiger partial charge in [-0.2, -0.15) is 5.10 Å². The summed E-state index contributed by atoms with van der Waals surface area (Å²) in [6.07, 6.45) is 4.60. The fourth-order valence-corrected chi connectivity index (χ4v) is 3.31. The second kappa shape index (κ2) is 11.2. The lowest BCUT2D eigenvalue weighted by Crippen LogP contribution is -2.26. The molecule has 0 saturated carbocycles. The Bertz CT molecular complexity index is 1180. The Labute approximate surface area is 199 Å². The lowest BCUT2D eigenvalue weighted by atomic mass is 10.1. The SMILES string of the molecule is CCn1ncc(NC(=O)/C=C/c2ccc(OC)c(COc3ccc(C)cc3)c2)c1C(=O)N(C)C. The summed E-state index contributed by atoms with van der Waals surface area (Å²) < 4.78 is 12.9. The van der Waals surface area contributed by atoms with Crippen molar-refractivity contribution in [3.05, 3.63) is 77.1 Å². The van der Waals surface area contributed by atoms with Gasteiger partial charge in [0.2, 0.25) is 5.91 Å². The number of carbonyl (C=O) groups is 2. The fourth-order valence-electron chi connectivity index (χ4n) is 3.31. The molecule has 0 unspecified atom stereocenters. The van der Waals surface area contributed by atoms with Crippen molar-refractivity contribution >= 4 is 23.6 Å². The number of methoxy groups -OCH3 is 1. The molecular weight excluding hydrogens is 432 g/mol. The third kappa shape index (κ3) is 6.04. The van der Waals surface area contributed by atoms with Gasteiger partial charge in [0, 0.05) is 32.3 Å². The number of nitrogens with zero attached hydrogens (tertiary/aromatic N) is 3. The van der Waals surface area contributed by atoms with Gasteiger partial charge in [0.15, 0.2) is 0 Å². The van der Waals surface area contributed by atoms with Crippen molar-refractivity contribution < 1.29 is 19.1 Å². The molecule has 1 heterocycles. The highest BCUT2D eigenvalue weighted by Gasteiger charge is 2.20. The zero-order valence-corrected chi connectivity index (χ0v) is 20.2. The van der Waals surface area contributed by atoms with Crippen molar-refractivity contribution in [1.29, 1.82) is 0 Å². The summed E-state index contributed by atoms with van der Waals surface area (Å²) in [5, 5.41) is 6.95. The Morgan fingerprint density at radius 2 is 1.88 bits per heavy atom. The smallest absolute Gasteiger partial charge is 0.273 e. The Morgan fingerprint density at radius 3 is 2.53 bits per heavy atom. The van der Waals surface area contributed by atoms with Gasteiger partial charge in [-0.05, 0) is 49.8 Å². The molecular formula is C26H30N4O4. The van der Waals surface area contributed by atoms with Gasteiger partial charge in [-0.15, -0.1) is 0 Å². The molecule has 0 aliphatic heterocycles. The second-order valence-corrected chi connectivity index (χ2v) is 7.92. The first-order valence-electron chi connectivity index (χ1n) is 10.9. The van der Waals surface area contributed by atoms with E-state index in [2.05, 4.69) is 10.4 Å². The van der Waals surface area contributed by atoms with Crippen LogP contribution in [0.5, 0.6) is 11.5 Å². The molecule has 8 nitrogen and oxygen atoms in total. The van der Waals surface area contributed by atoms with Gasteiger partial charge in [0.1, 0.15) is 23.8 Å². The molecule has 2 amide bonds. The van der Waals surface area contributed by atoms with E-state index in [0.717, 1.165) is 22.4 Å². The second-order valence-electron chi connectivity index (χ2n) is 7.92. The lowest BCUT2D eigenvalue weighted by Gasteiger charge is -2.13. The third-order valence-electron chi connectivity index (χ3n) is 5.15. The van der Waals surface area contributed by atoms with Gasteiger partial charge in [0.05, 0.1) is 19.0 Å². The number of rotatable bonds is 9. The molecule has 2 aromatic carbocycles. The van der Waals surface area contributed by atoms with Crippen LogP contribution in [0.25, 0.3) is 6.08 Å². The van der Waals surface area contributed by atoms with Crippen LogP contribution in [0.4, 0.5) is 5.69 Å². The number of anilines is 1. The molecule has 0 spiro atoms. The van der Waals surface area contributed by atoms with E-state index in [9.17, 15) is 9.59 Å². The quantitative estimate of drug-likeness (QED) is 0.483. The molecule has 8 heteroatoms. The van der Waals surface area contributed by atoms with E-state index in [-0.39, 0.29) is 11.8 Å². The maximum absolute atomic E-state index is 12.6. The predicted octanol–water partition coefficient (Wildman–Crippen LogP) is 4.15. The van der Waals surface area contributed by atoms with Crippen LogP contribution in [-0.4, -0.2) is 47.7 Å². The van der Waals surface area contributed by atoms with Crippen molar-refractivity contribution in [3.63, 3.8) is 0 Å². The number of benzene rings is 2. The summed E-state index contributed by atoms with van der Waals surface area (Å²) in [5.74, 6) is 0.875. The first-order chi connectivity index (χ1) is 16.3. The molecule has 0 atom stereocenters. The number of ether oxygens (including phenoxy) is 2. The van der Waals surface area contributed by atoms with E-state index in [1.165, 1.54) is 17.2 Å². The van der Waals surface area contributed by atoms with Gasteiger partial charge in [-0.3, -0.25) is 14.3 Å². The zero-order valence-electron chi connectivity index (χ0n) is 20.2. The topological polar surface area (TPSA) is 85.7 Å². The maximum atomic E-state index is 12.6. The van der Waals surface area contributed by atoms with Crippen LogP contribution in [0.2, 0.25) is 0 Å². The minimum Gasteiger partial charge on any atom is -0.496 e. The summed E-state index contributed by atoms with van der Waals surface area (Å²) in [6, 6.07) is 13.4. The van der Waals surface area contributed by atoms with E-state index in [1.54, 1.807) is 32.0 Å². The molecule has 0 fully saturated rings. The van der Waals surface area contributed by atoms with Crippen LogP contribution in [0.1, 0.15) is 34.1 Å². The number of hydrogen-bond acceptors (Lipinski definition) is 5. The fraction of sp³-hybridized carbons (Fsp3) is 0.269. The van der Waals surface area contributed by atoms with E-state index in [0.29, 0.717) is 30.3 Å². The standard InChI is InChI=1S/C26H30N4O4/c1-6-30-25(26(32)29(3)4)22(16-27-30)28-24(31)14-10-19-9-13-23(33-5)20(15-19)17-34-21-11-7-18(2)8-12-21/h7-16H,6,17H2,1-5H3,(H,28,31)/b14-10+. The third-order valence-corrected chi connectivity index (χ3v) is 5.15. The first-order valence-corrected chi connectivity index (χ1v) is 10.9. The number of carbonyl (C=O) groups excluding carboxylic acids is 2. The maximum Gasteiger partial charge on any atom is 0.273 e. The molecule has 0 bridgehead atoms. The number of amides is 2. The van der Waals surface area contributed by atoms with E-state index in [4.69, 9.17) is 9.47 Å². The minimum atomic E-state index is -0.364. The number of nitrogens with one attached hydrogen (secondary N) is 1. The Balaban J connectivity index is 1.72. The molecule has 0 radical (unpaired) electrons. The highest BCUT2D eigenvalue weighted by atomic mass is 16.5. The van der Waals surface area contributed by atoms with E-state index >= 15 is 0 Å². The van der Waals surface area contributed by atoms with Crippen molar-refractivity contribution in [1.82, 2.24) is 14.7 Å². The van der Waals surface area contributed by atoms with Crippen LogP contribution in [0.3, 0.4) is 0 Å². The minimum absolute atomic E-state index is 0.230. The molecule has 1 N–H and O–H groups in total. The monoisotopic (exact) mass is 462 g/mol. The van der Waals surface area contributed by atoms with Gasteiger partial charge in [-0.1, -0.05) is 23.8 Å². The summed E-state index contributed by atoms with van der Waals surface area (Å²) in [5.41, 5.74) is 3.54. The normalized spacial score (nSPS) is 10.9. The molecule has 3 aromatic rings. The molecule has 34 heavy (non-hydrogen) atoms. The van der Waals surface area contributed by atoms with Crippen LogP contribution in [-0.2, 0) is 17.9 Å². The largest absolute Gasteiger partial charge is 0.496 e. The lowest BCUT2D eigenvalue weighted by molar-refractivity contribution is -0.111. The Kier molecular flexibility index (Phi) is 8.08. The highest BCUT2D eigenvalue weighted by Crippen LogP contribution is 2.23. The summed E-state index contributed by atoms with van der Waals surface area (Å²) in [6.45, 7) is 4.75. The van der Waals surface area contributed by atoms with Gasteiger partial charge < -0.3 is 19.7 Å². The number of aryl methyl sites for hydroxylation is 2. The van der Waals surface area contributed by atoms with Crippen LogP contribution >= 0.6 is 0 Å².